The highest BCUT2D eigenvalue weighted by Crippen LogP contribution is 2.18. The average Bonchev–Trinajstić information content (AvgIpc) is 2.75. The van der Waals surface area contributed by atoms with Gasteiger partial charge in [-0.3, -0.25) is 9.69 Å². The molecule has 0 radical (unpaired) electrons. The quantitative estimate of drug-likeness (QED) is 0.723. The van der Waals surface area contributed by atoms with Crippen LogP contribution in [-0.2, 0) is 10.0 Å². The van der Waals surface area contributed by atoms with Gasteiger partial charge in [0.2, 0.25) is 10.0 Å². The third kappa shape index (κ3) is 5.46. The van der Waals surface area contributed by atoms with E-state index in [9.17, 15) is 13.2 Å². The lowest BCUT2D eigenvalue weighted by Crippen LogP contribution is -2.47. The number of benzene rings is 2. The van der Waals surface area contributed by atoms with E-state index in [1.807, 2.05) is 30.3 Å². The van der Waals surface area contributed by atoms with Crippen LogP contribution in [0.15, 0.2) is 59.5 Å². The number of nitrogens with one attached hydrogen (secondary N) is 1. The molecule has 0 aromatic heterocycles. The Balaban J connectivity index is 1.74. The van der Waals surface area contributed by atoms with E-state index in [1.165, 1.54) is 26.2 Å². The Morgan fingerprint density at radius 1 is 1.00 bits per heavy atom. The monoisotopic (exact) mass is 430 g/mol. The largest absolute Gasteiger partial charge is 0.344 e. The van der Waals surface area contributed by atoms with Crippen LogP contribution in [0.4, 0.5) is 0 Å². The Morgan fingerprint density at radius 3 is 2.17 bits per heavy atom. The molecule has 1 aliphatic heterocycles. The Labute approximate surface area is 179 Å². The number of carbonyl (C=O) groups excluding carboxylic acids is 1. The molecule has 2 aromatic carbocycles. The van der Waals surface area contributed by atoms with Gasteiger partial charge in [0, 0.05) is 52.4 Å². The number of carbonyl (C=O) groups is 1. The standard InChI is InChI=1S/C22H30N4O3S/c1-24(2)30(28,29)20-11-9-19(10-12-20)22(27)23-21(18-7-5-4-6-8-18)17-26-15-13-25(3)14-16-26/h4-12,21H,13-17H2,1-3H3,(H,23,27). The summed E-state index contributed by atoms with van der Waals surface area (Å²) >= 11 is 0. The first-order valence-corrected chi connectivity index (χ1v) is 11.5. The molecule has 7 nitrogen and oxygen atoms in total. The molecule has 1 heterocycles. The fourth-order valence-electron chi connectivity index (χ4n) is 3.44. The molecule has 1 unspecified atom stereocenters. The van der Waals surface area contributed by atoms with Gasteiger partial charge < -0.3 is 10.2 Å². The van der Waals surface area contributed by atoms with Gasteiger partial charge in [-0.2, -0.15) is 0 Å². The second-order valence-electron chi connectivity index (χ2n) is 7.85. The summed E-state index contributed by atoms with van der Waals surface area (Å²) in [6.45, 7) is 4.69. The molecule has 30 heavy (non-hydrogen) atoms. The van der Waals surface area contributed by atoms with Gasteiger partial charge in [0.25, 0.3) is 5.91 Å². The SMILES string of the molecule is CN1CCN(CC(NC(=O)c2ccc(S(=O)(=O)N(C)C)cc2)c2ccccc2)CC1. The van der Waals surface area contributed by atoms with Gasteiger partial charge in [-0.25, -0.2) is 12.7 Å². The first-order valence-electron chi connectivity index (χ1n) is 10.1. The summed E-state index contributed by atoms with van der Waals surface area (Å²) in [4.78, 5) is 17.8. The lowest BCUT2D eigenvalue weighted by Gasteiger charge is -2.35. The minimum Gasteiger partial charge on any atom is -0.344 e. The Kier molecular flexibility index (Phi) is 7.25. The molecule has 1 fully saturated rings. The third-order valence-electron chi connectivity index (χ3n) is 5.44. The smallest absolute Gasteiger partial charge is 0.251 e. The summed E-state index contributed by atoms with van der Waals surface area (Å²) in [7, 11) is 1.57. The topological polar surface area (TPSA) is 73.0 Å². The Bertz CT molecular complexity index is 938. The van der Waals surface area contributed by atoms with Crippen molar-refractivity contribution in [2.45, 2.75) is 10.9 Å². The maximum Gasteiger partial charge on any atom is 0.251 e. The summed E-state index contributed by atoms with van der Waals surface area (Å²) in [6.07, 6.45) is 0. The van der Waals surface area contributed by atoms with Crippen molar-refractivity contribution in [1.82, 2.24) is 19.4 Å². The van der Waals surface area contributed by atoms with Crippen LogP contribution in [-0.4, -0.2) is 82.3 Å². The first kappa shape index (κ1) is 22.4. The predicted octanol–water partition coefficient (Wildman–Crippen LogP) is 1.66. The van der Waals surface area contributed by atoms with E-state index < -0.39 is 10.0 Å². The Hall–Kier alpha value is -2.26. The highest BCUT2D eigenvalue weighted by Gasteiger charge is 2.22. The van der Waals surface area contributed by atoms with Gasteiger partial charge in [-0.1, -0.05) is 30.3 Å². The molecule has 1 saturated heterocycles. The van der Waals surface area contributed by atoms with Crippen molar-refractivity contribution in [3.05, 3.63) is 65.7 Å². The lowest BCUT2D eigenvalue weighted by molar-refractivity contribution is 0.0907. The van der Waals surface area contributed by atoms with Crippen LogP contribution in [0.5, 0.6) is 0 Å². The van der Waals surface area contributed by atoms with Crippen molar-refractivity contribution < 1.29 is 13.2 Å². The number of piperazine rings is 1. The molecule has 3 rings (SSSR count). The molecule has 0 bridgehead atoms. The molecule has 1 aliphatic rings. The highest BCUT2D eigenvalue weighted by atomic mass is 32.2. The minimum atomic E-state index is -3.52. The van der Waals surface area contributed by atoms with E-state index in [0.717, 1.165) is 42.6 Å². The van der Waals surface area contributed by atoms with E-state index in [1.54, 1.807) is 12.1 Å². The number of hydrogen-bond acceptors (Lipinski definition) is 5. The summed E-state index contributed by atoms with van der Waals surface area (Å²) in [6, 6.07) is 15.9. The second-order valence-corrected chi connectivity index (χ2v) is 10.0. The van der Waals surface area contributed by atoms with Crippen molar-refractivity contribution in [3.63, 3.8) is 0 Å². The molecule has 1 amide bonds. The van der Waals surface area contributed by atoms with Gasteiger partial charge in [-0.05, 0) is 36.9 Å². The summed E-state index contributed by atoms with van der Waals surface area (Å²) in [5, 5.41) is 3.14. The number of nitrogens with zero attached hydrogens (tertiary/aromatic N) is 3. The fourth-order valence-corrected chi connectivity index (χ4v) is 4.34. The summed E-state index contributed by atoms with van der Waals surface area (Å²) < 4.78 is 25.6. The number of rotatable bonds is 7. The van der Waals surface area contributed by atoms with Gasteiger partial charge in [0.1, 0.15) is 0 Å². The van der Waals surface area contributed by atoms with Crippen LogP contribution >= 0.6 is 0 Å². The van der Waals surface area contributed by atoms with Crippen molar-refractivity contribution in [2.24, 2.45) is 0 Å². The Morgan fingerprint density at radius 2 is 1.60 bits per heavy atom. The van der Waals surface area contributed by atoms with Gasteiger partial charge >= 0.3 is 0 Å². The maximum atomic E-state index is 12.9. The number of likely N-dealkylation sites (N-methyl/N-ethyl adjacent to an activating group) is 1. The van der Waals surface area contributed by atoms with E-state index in [0.29, 0.717) is 5.56 Å². The normalized spacial score (nSPS) is 17.1. The van der Waals surface area contributed by atoms with E-state index in [-0.39, 0.29) is 16.8 Å². The minimum absolute atomic E-state index is 0.146. The molecule has 162 valence electrons. The van der Waals surface area contributed by atoms with Crippen LogP contribution in [0.2, 0.25) is 0 Å². The van der Waals surface area contributed by atoms with Crippen molar-refractivity contribution in [1.29, 1.82) is 0 Å². The van der Waals surface area contributed by atoms with Crippen LogP contribution in [0, 0.1) is 0 Å². The van der Waals surface area contributed by atoms with Crippen molar-refractivity contribution >= 4 is 15.9 Å². The summed E-state index contributed by atoms with van der Waals surface area (Å²) in [5.74, 6) is -0.216. The second kappa shape index (κ2) is 9.70. The molecule has 0 aliphatic carbocycles. The van der Waals surface area contributed by atoms with Gasteiger partial charge in [0.15, 0.2) is 0 Å². The summed E-state index contributed by atoms with van der Waals surface area (Å²) in [5.41, 5.74) is 1.49. The maximum absolute atomic E-state index is 12.9. The molecule has 2 aromatic rings. The number of sulfonamides is 1. The van der Waals surface area contributed by atoms with E-state index in [4.69, 9.17) is 0 Å². The zero-order chi connectivity index (χ0) is 21.7. The molecule has 8 heteroatoms. The lowest BCUT2D eigenvalue weighted by atomic mass is 10.0. The van der Waals surface area contributed by atoms with Gasteiger partial charge in [0.05, 0.1) is 10.9 Å². The molecule has 0 saturated carbocycles. The van der Waals surface area contributed by atoms with Crippen LogP contribution in [0.3, 0.4) is 0 Å². The van der Waals surface area contributed by atoms with Gasteiger partial charge in [-0.15, -0.1) is 0 Å². The van der Waals surface area contributed by atoms with Crippen LogP contribution in [0.25, 0.3) is 0 Å². The van der Waals surface area contributed by atoms with E-state index in [2.05, 4.69) is 22.2 Å². The number of amides is 1. The highest BCUT2D eigenvalue weighted by molar-refractivity contribution is 7.89. The first-order chi connectivity index (χ1) is 14.3. The zero-order valence-corrected chi connectivity index (χ0v) is 18.6. The van der Waals surface area contributed by atoms with Crippen LogP contribution in [0.1, 0.15) is 22.0 Å². The molecule has 1 atom stereocenters. The number of hydrogen-bond donors (Lipinski definition) is 1. The molecular weight excluding hydrogens is 400 g/mol. The molecule has 0 spiro atoms. The zero-order valence-electron chi connectivity index (χ0n) is 17.8. The van der Waals surface area contributed by atoms with E-state index >= 15 is 0 Å². The third-order valence-corrected chi connectivity index (χ3v) is 7.27. The predicted molar refractivity (Wildman–Crippen MR) is 118 cm³/mol. The molecule has 1 N–H and O–H groups in total. The fraction of sp³-hybridized carbons (Fsp3) is 0.409. The average molecular weight is 431 g/mol. The molecular formula is C22H30N4O3S. The van der Waals surface area contributed by atoms with Crippen molar-refractivity contribution in [2.75, 3.05) is 53.9 Å². The van der Waals surface area contributed by atoms with Crippen LogP contribution < -0.4 is 5.32 Å². The van der Waals surface area contributed by atoms with Crippen molar-refractivity contribution in [3.8, 4) is 0 Å².